The van der Waals surface area contributed by atoms with E-state index in [1.165, 1.54) is 44.5 Å². The molecular weight excluding hydrogens is 436 g/mol. The van der Waals surface area contributed by atoms with E-state index in [9.17, 15) is 0 Å². The van der Waals surface area contributed by atoms with Crippen LogP contribution in [0.2, 0.25) is 0 Å². The fourth-order valence-electron chi connectivity index (χ4n) is 5.71. The summed E-state index contributed by atoms with van der Waals surface area (Å²) in [6.45, 7) is 13.5. The molecule has 0 saturated heterocycles. The Kier molecular flexibility index (Phi) is 6.14. The molecule has 1 atom stereocenters. The number of aryl methyl sites for hydroxylation is 1. The van der Waals surface area contributed by atoms with E-state index in [0.717, 1.165) is 17.9 Å². The Bertz CT molecular complexity index is 1530. The van der Waals surface area contributed by atoms with E-state index in [0.29, 0.717) is 0 Å². The lowest BCUT2D eigenvalue weighted by Gasteiger charge is -2.37. The van der Waals surface area contributed by atoms with Crippen molar-refractivity contribution in [3.8, 4) is 22.3 Å². The zero-order valence-corrected chi connectivity index (χ0v) is 22.0. The fourth-order valence-corrected chi connectivity index (χ4v) is 5.71. The number of nitrogens with zero attached hydrogens (tertiary/aromatic N) is 2. The number of benzene rings is 3. The second-order valence-corrected chi connectivity index (χ2v) is 9.95. The number of hydrogen-bond acceptors (Lipinski definition) is 0. The molecule has 1 aliphatic rings. The molecule has 5 rings (SSSR count). The molecule has 1 aromatic heterocycles. The van der Waals surface area contributed by atoms with Crippen LogP contribution in [-0.2, 0) is 12.5 Å². The first kappa shape index (κ1) is 23.8. The smallest absolute Gasteiger partial charge is 0.233 e. The van der Waals surface area contributed by atoms with Crippen LogP contribution >= 0.6 is 0 Å². The van der Waals surface area contributed by atoms with E-state index in [2.05, 4.69) is 148 Å². The maximum absolute atomic E-state index is 4.58. The summed E-state index contributed by atoms with van der Waals surface area (Å²) < 4.78 is 4.37. The standard InChI is InChI=1S/C34H35N2/c1-7-24(3)33-35(6)21-22-36(33)25(4)23-32-30-19-12-11-17-28(30)26-15-9-10-16-27(26)29-18-13-14-20-31(29)34(32,5)8-2/h7,9-23H,4,8H2,1-3,5-6H3/q+1/b24-7-,32-23-. The Balaban J connectivity index is 1.85. The minimum absolute atomic E-state index is 0.200. The summed E-state index contributed by atoms with van der Waals surface area (Å²) in [5.74, 6) is 1.14. The van der Waals surface area contributed by atoms with Gasteiger partial charge in [0.15, 0.2) is 0 Å². The van der Waals surface area contributed by atoms with Crippen LogP contribution in [0.15, 0.2) is 104 Å². The van der Waals surface area contributed by atoms with Gasteiger partial charge in [-0.15, -0.1) is 0 Å². The molecule has 0 spiro atoms. The summed E-state index contributed by atoms with van der Waals surface area (Å²) >= 11 is 0. The molecule has 0 aliphatic heterocycles. The van der Waals surface area contributed by atoms with Crippen molar-refractivity contribution < 1.29 is 4.57 Å². The largest absolute Gasteiger partial charge is 0.289 e. The lowest BCUT2D eigenvalue weighted by atomic mass is 9.66. The van der Waals surface area contributed by atoms with Crippen LogP contribution in [0.4, 0.5) is 0 Å². The number of hydrogen-bond donors (Lipinski definition) is 0. The van der Waals surface area contributed by atoms with Gasteiger partial charge in [0.1, 0.15) is 18.1 Å². The van der Waals surface area contributed by atoms with Gasteiger partial charge in [0.2, 0.25) is 0 Å². The van der Waals surface area contributed by atoms with Crippen molar-refractivity contribution in [2.75, 3.05) is 0 Å². The molecule has 0 N–H and O–H groups in total. The van der Waals surface area contributed by atoms with Gasteiger partial charge in [0.25, 0.3) is 5.82 Å². The monoisotopic (exact) mass is 471 g/mol. The molecule has 4 aromatic rings. The van der Waals surface area contributed by atoms with Crippen molar-refractivity contribution in [2.24, 2.45) is 7.05 Å². The highest BCUT2D eigenvalue weighted by atomic mass is 15.1. The number of rotatable bonds is 4. The minimum Gasteiger partial charge on any atom is -0.233 e. The molecule has 0 bridgehead atoms. The second kappa shape index (κ2) is 9.28. The molecule has 2 nitrogen and oxygen atoms in total. The van der Waals surface area contributed by atoms with Crippen LogP contribution in [0.3, 0.4) is 0 Å². The van der Waals surface area contributed by atoms with Crippen LogP contribution in [0.25, 0.3) is 39.1 Å². The topological polar surface area (TPSA) is 8.81 Å². The molecule has 1 aliphatic carbocycles. The molecular formula is C34H35N2+. The maximum atomic E-state index is 4.58. The molecule has 36 heavy (non-hydrogen) atoms. The molecule has 2 heteroatoms. The summed E-state index contributed by atoms with van der Waals surface area (Å²) in [5, 5.41) is 0. The maximum Gasteiger partial charge on any atom is 0.289 e. The highest BCUT2D eigenvalue weighted by Gasteiger charge is 2.36. The average molecular weight is 472 g/mol. The zero-order valence-electron chi connectivity index (χ0n) is 22.0. The number of allylic oxidation sites excluding steroid dienone is 5. The third-order valence-corrected chi connectivity index (χ3v) is 7.96. The summed E-state index contributed by atoms with van der Waals surface area (Å²) in [6.07, 6.45) is 9.66. The number of fused-ring (bicyclic) bond motifs is 5. The fraction of sp³-hybridized carbons (Fsp3) is 0.206. The van der Waals surface area contributed by atoms with E-state index in [1.54, 1.807) is 0 Å². The second-order valence-electron chi connectivity index (χ2n) is 9.95. The summed E-state index contributed by atoms with van der Waals surface area (Å²) in [6, 6.07) is 26.6. The van der Waals surface area contributed by atoms with E-state index in [1.807, 2.05) is 0 Å². The van der Waals surface area contributed by atoms with Crippen LogP contribution in [-0.4, -0.2) is 4.57 Å². The van der Waals surface area contributed by atoms with Crippen LogP contribution in [0.5, 0.6) is 0 Å². The molecule has 1 unspecified atom stereocenters. The molecule has 0 radical (unpaired) electrons. The SMILES string of the molecule is C=C(/C=C1/c2ccccc2-c2ccccc2-c2ccccc2C1(C)CC)n1cc[n+](C)c1/C(C)=C\C. The summed E-state index contributed by atoms with van der Waals surface area (Å²) in [4.78, 5) is 0. The predicted octanol–water partition coefficient (Wildman–Crippen LogP) is 8.31. The Hall–Kier alpha value is -3.91. The van der Waals surface area contributed by atoms with Gasteiger partial charge in [-0.1, -0.05) is 99.3 Å². The molecule has 0 fully saturated rings. The van der Waals surface area contributed by atoms with E-state index in [-0.39, 0.29) is 5.41 Å². The van der Waals surface area contributed by atoms with E-state index in [4.69, 9.17) is 0 Å². The van der Waals surface area contributed by atoms with Crippen molar-refractivity contribution in [2.45, 2.75) is 39.5 Å². The lowest BCUT2D eigenvalue weighted by molar-refractivity contribution is -0.673. The molecule has 0 amide bonds. The Morgan fingerprint density at radius 2 is 1.42 bits per heavy atom. The summed E-state index contributed by atoms with van der Waals surface area (Å²) in [7, 11) is 2.09. The quantitative estimate of drug-likeness (QED) is 0.265. The van der Waals surface area contributed by atoms with Gasteiger partial charge < -0.3 is 0 Å². The Labute approximate surface area is 215 Å². The highest BCUT2D eigenvalue weighted by Crippen LogP contribution is 2.51. The first-order chi connectivity index (χ1) is 17.4. The Morgan fingerprint density at radius 1 is 0.889 bits per heavy atom. The van der Waals surface area contributed by atoms with Crippen molar-refractivity contribution >= 4 is 16.8 Å². The number of imidazole rings is 1. The molecule has 0 saturated carbocycles. The van der Waals surface area contributed by atoms with Gasteiger partial charge in [-0.05, 0) is 65.3 Å². The normalized spacial score (nSPS) is 18.1. The van der Waals surface area contributed by atoms with Gasteiger partial charge in [-0.25, -0.2) is 4.57 Å². The molecule has 180 valence electrons. The number of aromatic nitrogens is 2. The third-order valence-electron chi connectivity index (χ3n) is 7.96. The van der Waals surface area contributed by atoms with Gasteiger partial charge in [-0.2, -0.15) is 4.57 Å². The van der Waals surface area contributed by atoms with Crippen molar-refractivity contribution in [3.05, 3.63) is 121 Å². The lowest BCUT2D eigenvalue weighted by Crippen LogP contribution is -2.31. The summed E-state index contributed by atoms with van der Waals surface area (Å²) in [5.41, 5.74) is 11.0. The van der Waals surface area contributed by atoms with Crippen molar-refractivity contribution in [1.82, 2.24) is 4.57 Å². The first-order valence-electron chi connectivity index (χ1n) is 12.8. The van der Waals surface area contributed by atoms with Gasteiger partial charge in [0, 0.05) is 11.0 Å². The van der Waals surface area contributed by atoms with Crippen LogP contribution in [0, 0.1) is 0 Å². The minimum atomic E-state index is -0.200. The zero-order chi connectivity index (χ0) is 25.4. The van der Waals surface area contributed by atoms with Crippen molar-refractivity contribution in [1.29, 1.82) is 0 Å². The highest BCUT2D eigenvalue weighted by molar-refractivity contribution is 5.97. The predicted molar refractivity (Wildman–Crippen MR) is 153 cm³/mol. The molecule has 3 aromatic carbocycles. The van der Waals surface area contributed by atoms with Gasteiger partial charge in [0.05, 0.1) is 7.05 Å². The average Bonchev–Trinajstić information content (AvgIpc) is 3.31. The van der Waals surface area contributed by atoms with Crippen LogP contribution < -0.4 is 4.57 Å². The van der Waals surface area contributed by atoms with E-state index < -0.39 is 0 Å². The van der Waals surface area contributed by atoms with E-state index >= 15 is 0 Å². The van der Waals surface area contributed by atoms with Gasteiger partial charge >= 0.3 is 0 Å². The third kappa shape index (κ3) is 3.69. The Morgan fingerprint density at radius 3 is 2.03 bits per heavy atom. The van der Waals surface area contributed by atoms with Crippen LogP contribution in [0.1, 0.15) is 51.1 Å². The first-order valence-corrected chi connectivity index (χ1v) is 12.8. The molecule has 1 heterocycles. The van der Waals surface area contributed by atoms with Crippen molar-refractivity contribution in [3.63, 3.8) is 0 Å². The van der Waals surface area contributed by atoms with Gasteiger partial charge in [-0.3, -0.25) is 0 Å².